The number of rotatable bonds is 4. The maximum Gasteiger partial charge on any atom is 0.239 e. The molecule has 0 spiro atoms. The molecule has 1 aromatic carbocycles. The van der Waals surface area contributed by atoms with Gasteiger partial charge in [-0.15, -0.1) is 0 Å². The van der Waals surface area contributed by atoms with Crippen molar-refractivity contribution in [3.63, 3.8) is 0 Å². The summed E-state index contributed by atoms with van der Waals surface area (Å²) in [4.78, 5) is 13.7. The van der Waals surface area contributed by atoms with Crippen LogP contribution >= 0.6 is 0 Å². The number of amides is 1. The van der Waals surface area contributed by atoms with E-state index in [-0.39, 0.29) is 11.9 Å². The highest BCUT2D eigenvalue weighted by atomic mass is 16.2. The summed E-state index contributed by atoms with van der Waals surface area (Å²) in [6.07, 6.45) is 4.60. The Morgan fingerprint density at radius 3 is 2.45 bits per heavy atom. The van der Waals surface area contributed by atoms with Crippen molar-refractivity contribution in [2.45, 2.75) is 45.6 Å². The Hall–Kier alpha value is -1.35. The van der Waals surface area contributed by atoms with Gasteiger partial charge in [-0.1, -0.05) is 29.8 Å². The number of hydrogen-bond donors (Lipinski definition) is 1. The Morgan fingerprint density at radius 1 is 1.30 bits per heavy atom. The normalized spacial score (nSPS) is 18.1. The van der Waals surface area contributed by atoms with Crippen molar-refractivity contribution in [3.8, 4) is 0 Å². The van der Waals surface area contributed by atoms with Gasteiger partial charge in [-0.05, 0) is 51.0 Å². The fourth-order valence-corrected chi connectivity index (χ4v) is 2.86. The number of aryl methyl sites for hydroxylation is 2. The van der Waals surface area contributed by atoms with E-state index in [1.165, 1.54) is 17.5 Å². The van der Waals surface area contributed by atoms with Crippen LogP contribution < -0.4 is 5.73 Å². The Balaban J connectivity index is 1.74. The lowest BCUT2D eigenvalue weighted by Gasteiger charge is -2.33. The molecule has 110 valence electrons. The largest absolute Gasteiger partial charge is 0.341 e. The van der Waals surface area contributed by atoms with Crippen LogP contribution in [0.4, 0.5) is 0 Å². The third kappa shape index (κ3) is 4.07. The molecule has 1 aliphatic rings. The molecular formula is C17H26N2O. The monoisotopic (exact) mass is 274 g/mol. The summed E-state index contributed by atoms with van der Waals surface area (Å²) in [5.74, 6) is 0.843. The third-order valence-corrected chi connectivity index (χ3v) is 4.28. The van der Waals surface area contributed by atoms with Gasteiger partial charge in [-0.2, -0.15) is 0 Å². The standard InChI is InChI=1S/C17H26N2O/c1-13-3-5-15(6-4-13)7-8-16-9-11-19(12-10-16)17(20)14(2)18/h3-6,14,16H,7-12,18H2,1-2H3. The second-order valence-corrected chi connectivity index (χ2v) is 6.08. The van der Waals surface area contributed by atoms with E-state index in [2.05, 4.69) is 31.2 Å². The molecular weight excluding hydrogens is 248 g/mol. The summed E-state index contributed by atoms with van der Waals surface area (Å²) in [5, 5.41) is 0. The van der Waals surface area contributed by atoms with Gasteiger partial charge in [-0.25, -0.2) is 0 Å². The van der Waals surface area contributed by atoms with Crippen molar-refractivity contribution in [2.75, 3.05) is 13.1 Å². The lowest BCUT2D eigenvalue weighted by Crippen LogP contribution is -2.45. The number of hydrogen-bond acceptors (Lipinski definition) is 2. The minimum absolute atomic E-state index is 0.0991. The molecule has 2 rings (SSSR count). The van der Waals surface area contributed by atoms with E-state index in [0.717, 1.165) is 38.3 Å². The quantitative estimate of drug-likeness (QED) is 0.917. The molecule has 1 unspecified atom stereocenters. The van der Waals surface area contributed by atoms with E-state index in [1.54, 1.807) is 6.92 Å². The molecule has 1 fully saturated rings. The lowest BCUT2D eigenvalue weighted by molar-refractivity contribution is -0.133. The van der Waals surface area contributed by atoms with Gasteiger partial charge < -0.3 is 10.6 Å². The molecule has 20 heavy (non-hydrogen) atoms. The summed E-state index contributed by atoms with van der Waals surface area (Å²) < 4.78 is 0. The summed E-state index contributed by atoms with van der Waals surface area (Å²) in [6.45, 7) is 5.64. The van der Waals surface area contributed by atoms with Crippen LogP contribution in [0.1, 0.15) is 37.3 Å². The van der Waals surface area contributed by atoms with E-state index in [0.29, 0.717) is 0 Å². The van der Waals surface area contributed by atoms with Crippen LogP contribution in [0.15, 0.2) is 24.3 Å². The Kier molecular flexibility index (Phi) is 5.18. The van der Waals surface area contributed by atoms with Gasteiger partial charge in [-0.3, -0.25) is 4.79 Å². The van der Waals surface area contributed by atoms with Gasteiger partial charge in [0.2, 0.25) is 5.91 Å². The zero-order chi connectivity index (χ0) is 14.5. The van der Waals surface area contributed by atoms with E-state index < -0.39 is 0 Å². The minimum atomic E-state index is -0.362. The van der Waals surface area contributed by atoms with Crippen LogP contribution in [0.2, 0.25) is 0 Å². The van der Waals surface area contributed by atoms with Crippen LogP contribution in [-0.2, 0) is 11.2 Å². The van der Waals surface area contributed by atoms with Gasteiger partial charge in [0.1, 0.15) is 0 Å². The first-order valence-corrected chi connectivity index (χ1v) is 7.66. The molecule has 1 heterocycles. The number of nitrogens with zero attached hydrogens (tertiary/aromatic N) is 1. The minimum Gasteiger partial charge on any atom is -0.341 e. The Bertz CT molecular complexity index is 431. The van der Waals surface area contributed by atoms with Gasteiger partial charge in [0, 0.05) is 13.1 Å². The molecule has 3 heteroatoms. The first-order chi connectivity index (χ1) is 9.56. The van der Waals surface area contributed by atoms with Crippen molar-refractivity contribution in [2.24, 2.45) is 11.7 Å². The second-order valence-electron chi connectivity index (χ2n) is 6.08. The maximum atomic E-state index is 11.8. The van der Waals surface area contributed by atoms with E-state index in [4.69, 9.17) is 5.73 Å². The molecule has 0 radical (unpaired) electrons. The van der Waals surface area contributed by atoms with Gasteiger partial charge in [0.05, 0.1) is 6.04 Å². The summed E-state index contributed by atoms with van der Waals surface area (Å²) in [7, 11) is 0. The smallest absolute Gasteiger partial charge is 0.239 e. The van der Waals surface area contributed by atoms with Gasteiger partial charge in [0.25, 0.3) is 0 Å². The number of piperidine rings is 1. The Labute approximate surface area is 122 Å². The zero-order valence-corrected chi connectivity index (χ0v) is 12.6. The van der Waals surface area contributed by atoms with Gasteiger partial charge in [0.15, 0.2) is 0 Å². The fourth-order valence-electron chi connectivity index (χ4n) is 2.86. The molecule has 0 aliphatic carbocycles. The fraction of sp³-hybridized carbons (Fsp3) is 0.588. The van der Waals surface area contributed by atoms with Crippen molar-refractivity contribution in [3.05, 3.63) is 35.4 Å². The number of likely N-dealkylation sites (tertiary alicyclic amines) is 1. The summed E-state index contributed by atoms with van der Waals surface area (Å²) in [6, 6.07) is 8.45. The highest BCUT2D eigenvalue weighted by Crippen LogP contribution is 2.22. The number of nitrogens with two attached hydrogens (primary N) is 1. The second kappa shape index (κ2) is 6.89. The topological polar surface area (TPSA) is 46.3 Å². The first kappa shape index (κ1) is 15.0. The molecule has 1 saturated heterocycles. The number of carbonyl (C=O) groups is 1. The van der Waals surface area contributed by atoms with Crippen molar-refractivity contribution >= 4 is 5.91 Å². The van der Waals surface area contributed by atoms with Crippen LogP contribution in [0, 0.1) is 12.8 Å². The molecule has 1 aliphatic heterocycles. The predicted molar refractivity (Wildman–Crippen MR) is 82.5 cm³/mol. The van der Waals surface area contributed by atoms with Crippen LogP contribution in [0.3, 0.4) is 0 Å². The first-order valence-electron chi connectivity index (χ1n) is 7.66. The number of benzene rings is 1. The summed E-state index contributed by atoms with van der Waals surface area (Å²) >= 11 is 0. The van der Waals surface area contributed by atoms with Gasteiger partial charge >= 0.3 is 0 Å². The Morgan fingerprint density at radius 2 is 1.90 bits per heavy atom. The SMILES string of the molecule is Cc1ccc(CCC2CCN(C(=O)C(C)N)CC2)cc1. The van der Waals surface area contributed by atoms with E-state index >= 15 is 0 Å². The van der Waals surface area contributed by atoms with Crippen molar-refractivity contribution < 1.29 is 4.79 Å². The van der Waals surface area contributed by atoms with E-state index in [1.807, 2.05) is 4.90 Å². The average Bonchev–Trinajstić information content (AvgIpc) is 2.46. The van der Waals surface area contributed by atoms with Crippen LogP contribution in [0.5, 0.6) is 0 Å². The lowest BCUT2D eigenvalue weighted by atomic mass is 9.90. The van der Waals surface area contributed by atoms with Crippen LogP contribution in [0.25, 0.3) is 0 Å². The van der Waals surface area contributed by atoms with Crippen molar-refractivity contribution in [1.82, 2.24) is 4.90 Å². The maximum absolute atomic E-state index is 11.8. The molecule has 3 nitrogen and oxygen atoms in total. The summed E-state index contributed by atoms with van der Waals surface area (Å²) in [5.41, 5.74) is 8.39. The van der Waals surface area contributed by atoms with E-state index in [9.17, 15) is 4.79 Å². The highest BCUT2D eigenvalue weighted by Gasteiger charge is 2.24. The van der Waals surface area contributed by atoms with Crippen LogP contribution in [-0.4, -0.2) is 29.9 Å². The third-order valence-electron chi connectivity index (χ3n) is 4.28. The molecule has 2 N–H and O–H groups in total. The number of carbonyl (C=O) groups excluding carboxylic acids is 1. The molecule has 0 saturated carbocycles. The molecule has 1 amide bonds. The highest BCUT2D eigenvalue weighted by molar-refractivity contribution is 5.81. The van der Waals surface area contributed by atoms with Crippen molar-refractivity contribution in [1.29, 1.82) is 0 Å². The predicted octanol–water partition coefficient (Wildman–Crippen LogP) is 2.51. The molecule has 1 atom stereocenters. The molecule has 0 bridgehead atoms. The zero-order valence-electron chi connectivity index (χ0n) is 12.6. The molecule has 0 aromatic heterocycles. The average molecular weight is 274 g/mol. The molecule has 1 aromatic rings.